The van der Waals surface area contributed by atoms with E-state index in [9.17, 15) is 0 Å². The largest absolute Gasteiger partial charge is 0.383 e. The molecule has 1 heterocycles. The van der Waals surface area contributed by atoms with E-state index in [1.807, 2.05) is 0 Å². The number of anilines is 2. The van der Waals surface area contributed by atoms with Crippen molar-refractivity contribution in [3.05, 3.63) is 11.9 Å². The Morgan fingerprint density at radius 2 is 2.06 bits per heavy atom. The summed E-state index contributed by atoms with van der Waals surface area (Å²) in [5, 5.41) is 8.93. The Balaban J connectivity index is 2.13. The van der Waals surface area contributed by atoms with Crippen molar-refractivity contribution in [2.24, 2.45) is 0 Å². The number of rotatable bonds is 3. The molecular weight excluding hydrogens is 202 g/mol. The molecule has 0 unspecified atom stereocenters. The van der Waals surface area contributed by atoms with E-state index < -0.39 is 0 Å². The minimum Gasteiger partial charge on any atom is -0.383 e. The average Bonchev–Trinajstić information content (AvgIpc) is 2.31. The van der Waals surface area contributed by atoms with Crippen molar-refractivity contribution >= 4 is 17.9 Å². The Labute approximate surface area is 95.0 Å². The Morgan fingerprint density at radius 3 is 2.75 bits per heavy atom. The van der Waals surface area contributed by atoms with Crippen molar-refractivity contribution in [1.82, 2.24) is 9.97 Å². The molecule has 1 fully saturated rings. The van der Waals surface area contributed by atoms with Gasteiger partial charge >= 0.3 is 0 Å². The van der Waals surface area contributed by atoms with Crippen LogP contribution < -0.4 is 16.5 Å². The number of aromatic nitrogens is 2. The molecule has 1 aliphatic carbocycles. The van der Waals surface area contributed by atoms with Crippen LogP contribution >= 0.6 is 0 Å². The third-order valence-electron chi connectivity index (χ3n) is 3.03. The number of hydrogen-bond acceptors (Lipinski definition) is 4. The molecule has 0 saturated heterocycles. The molecular formula is C11H18N5+. The number of nitrogens with zero attached hydrogens (tertiary/aromatic N) is 2. The highest BCUT2D eigenvalue weighted by Gasteiger charge is 2.16. The maximum Gasteiger partial charge on any atom is 0.174 e. The second-order valence-corrected chi connectivity index (χ2v) is 4.17. The summed E-state index contributed by atoms with van der Waals surface area (Å²) in [7, 11) is 0. The van der Waals surface area contributed by atoms with Crippen LogP contribution in [0.4, 0.5) is 11.6 Å². The fraction of sp³-hybridized carbons (Fsp3) is 0.545. The van der Waals surface area contributed by atoms with E-state index in [0.717, 1.165) is 5.82 Å². The van der Waals surface area contributed by atoms with E-state index in [4.69, 9.17) is 11.1 Å². The van der Waals surface area contributed by atoms with Crippen molar-refractivity contribution < 1.29 is 5.41 Å². The molecule has 1 aliphatic rings. The van der Waals surface area contributed by atoms with Crippen LogP contribution in [0, 0.1) is 0 Å². The first-order valence-corrected chi connectivity index (χ1v) is 5.73. The number of nitrogens with one attached hydrogen (secondary N) is 1. The number of nitrogens with two attached hydrogens (primary N) is 2. The van der Waals surface area contributed by atoms with Crippen molar-refractivity contribution in [2.45, 2.75) is 38.1 Å². The van der Waals surface area contributed by atoms with Crippen molar-refractivity contribution in [3.63, 3.8) is 0 Å². The molecule has 0 bridgehead atoms. The predicted molar refractivity (Wildman–Crippen MR) is 64.0 cm³/mol. The van der Waals surface area contributed by atoms with Gasteiger partial charge in [0.1, 0.15) is 23.5 Å². The van der Waals surface area contributed by atoms with Gasteiger partial charge in [-0.15, -0.1) is 0 Å². The van der Waals surface area contributed by atoms with Crippen LogP contribution in [-0.2, 0) is 0 Å². The fourth-order valence-corrected chi connectivity index (χ4v) is 2.13. The van der Waals surface area contributed by atoms with Crippen LogP contribution in [-0.4, -0.2) is 22.2 Å². The van der Waals surface area contributed by atoms with Gasteiger partial charge in [0.25, 0.3) is 0 Å². The fourth-order valence-electron chi connectivity index (χ4n) is 2.13. The summed E-state index contributed by atoms with van der Waals surface area (Å²) >= 11 is 0. The zero-order chi connectivity index (χ0) is 11.4. The second kappa shape index (κ2) is 4.92. The van der Waals surface area contributed by atoms with Gasteiger partial charge in [0.15, 0.2) is 6.21 Å². The van der Waals surface area contributed by atoms with Crippen LogP contribution in [0.5, 0.6) is 0 Å². The molecule has 86 valence electrons. The van der Waals surface area contributed by atoms with Gasteiger partial charge in [-0.2, -0.15) is 0 Å². The lowest BCUT2D eigenvalue weighted by Gasteiger charge is -2.23. The summed E-state index contributed by atoms with van der Waals surface area (Å²) in [6.07, 6.45) is 9.19. The maximum atomic E-state index is 5.73. The van der Waals surface area contributed by atoms with Crippen molar-refractivity contribution in [1.29, 1.82) is 0 Å². The quantitative estimate of drug-likeness (QED) is 0.625. The first-order valence-electron chi connectivity index (χ1n) is 5.73. The first kappa shape index (κ1) is 10.9. The molecule has 1 aromatic heterocycles. The minimum absolute atomic E-state index is 0.427. The molecule has 0 aromatic carbocycles. The van der Waals surface area contributed by atoms with Crippen molar-refractivity contribution in [2.75, 3.05) is 11.1 Å². The second-order valence-electron chi connectivity index (χ2n) is 4.17. The summed E-state index contributed by atoms with van der Waals surface area (Å²) in [6.45, 7) is 0. The molecule has 0 spiro atoms. The third-order valence-corrected chi connectivity index (χ3v) is 3.03. The van der Waals surface area contributed by atoms with Crippen LogP contribution in [0.15, 0.2) is 6.33 Å². The number of hydrogen-bond donors (Lipinski definition) is 3. The summed E-state index contributed by atoms with van der Waals surface area (Å²) in [5.41, 5.74) is 6.44. The molecule has 0 amide bonds. The average molecular weight is 220 g/mol. The van der Waals surface area contributed by atoms with E-state index in [1.165, 1.54) is 44.6 Å². The molecule has 16 heavy (non-hydrogen) atoms. The summed E-state index contributed by atoms with van der Waals surface area (Å²) < 4.78 is 0. The third kappa shape index (κ3) is 2.29. The zero-order valence-corrected chi connectivity index (χ0v) is 9.32. The monoisotopic (exact) mass is 220 g/mol. The molecule has 1 aromatic rings. The normalized spacial score (nSPS) is 17.0. The zero-order valence-electron chi connectivity index (χ0n) is 9.32. The SMILES string of the molecule is Nc1ncnc(NC2CCCCC2)c1C=[NH2+]. The lowest BCUT2D eigenvalue weighted by Crippen LogP contribution is -2.32. The van der Waals surface area contributed by atoms with Crippen LogP contribution in [0.25, 0.3) is 0 Å². The van der Waals surface area contributed by atoms with Gasteiger partial charge in [-0.3, -0.25) is 5.41 Å². The summed E-state index contributed by atoms with van der Waals surface area (Å²) in [4.78, 5) is 8.11. The Hall–Kier alpha value is -1.65. The summed E-state index contributed by atoms with van der Waals surface area (Å²) in [5.74, 6) is 1.18. The van der Waals surface area contributed by atoms with Gasteiger partial charge in [-0.1, -0.05) is 19.3 Å². The van der Waals surface area contributed by atoms with Crippen molar-refractivity contribution in [3.8, 4) is 0 Å². The molecule has 2 rings (SSSR count). The Kier molecular flexibility index (Phi) is 3.34. The van der Waals surface area contributed by atoms with E-state index in [1.54, 1.807) is 0 Å². The van der Waals surface area contributed by atoms with Gasteiger partial charge in [-0.25, -0.2) is 9.97 Å². The van der Waals surface area contributed by atoms with Gasteiger partial charge in [0, 0.05) is 6.04 Å². The van der Waals surface area contributed by atoms with Crippen LogP contribution in [0.3, 0.4) is 0 Å². The molecule has 5 N–H and O–H groups in total. The van der Waals surface area contributed by atoms with E-state index in [0.29, 0.717) is 17.4 Å². The highest BCUT2D eigenvalue weighted by atomic mass is 15.1. The molecule has 0 aliphatic heterocycles. The molecule has 5 heteroatoms. The highest BCUT2D eigenvalue weighted by Crippen LogP contribution is 2.22. The van der Waals surface area contributed by atoms with E-state index >= 15 is 0 Å². The lowest BCUT2D eigenvalue weighted by molar-refractivity contribution is -0.104. The van der Waals surface area contributed by atoms with E-state index in [-0.39, 0.29) is 0 Å². The van der Waals surface area contributed by atoms with Gasteiger partial charge < -0.3 is 11.1 Å². The first-order chi connectivity index (χ1) is 7.81. The topological polar surface area (TPSA) is 89.4 Å². The van der Waals surface area contributed by atoms with Crippen LogP contribution in [0.1, 0.15) is 37.7 Å². The lowest BCUT2D eigenvalue weighted by atomic mass is 9.95. The van der Waals surface area contributed by atoms with Gasteiger partial charge in [0.2, 0.25) is 0 Å². The molecule has 0 radical (unpaired) electrons. The number of nitrogen functional groups attached to an aromatic ring is 1. The standard InChI is InChI=1S/C11H17N5/c12-6-9-10(13)14-7-15-11(9)16-8-4-2-1-3-5-8/h6-8,12H,1-5H2,(H3,13,14,15,16)/p+1. The van der Waals surface area contributed by atoms with Gasteiger partial charge in [-0.05, 0) is 12.8 Å². The maximum absolute atomic E-state index is 5.73. The predicted octanol–water partition coefficient (Wildman–Crippen LogP) is -0.0186. The smallest absolute Gasteiger partial charge is 0.174 e. The van der Waals surface area contributed by atoms with Gasteiger partial charge in [0.05, 0.1) is 0 Å². The molecule has 0 atom stereocenters. The molecule has 5 nitrogen and oxygen atoms in total. The van der Waals surface area contributed by atoms with E-state index in [2.05, 4.69) is 15.3 Å². The minimum atomic E-state index is 0.427. The Morgan fingerprint density at radius 1 is 1.31 bits per heavy atom. The highest BCUT2D eigenvalue weighted by molar-refractivity contribution is 5.88. The molecule has 1 saturated carbocycles. The van der Waals surface area contributed by atoms with Crippen LogP contribution in [0.2, 0.25) is 0 Å². The summed E-state index contributed by atoms with van der Waals surface area (Å²) in [6, 6.07) is 0.488. The Bertz CT molecular complexity index is 371.